The molecule has 0 radical (unpaired) electrons. The molecule has 1 aliphatic rings. The van der Waals surface area contributed by atoms with Gasteiger partial charge in [-0.1, -0.05) is 25.7 Å². The van der Waals surface area contributed by atoms with E-state index in [0.29, 0.717) is 6.42 Å². The minimum absolute atomic E-state index is 0.171. The van der Waals surface area contributed by atoms with Crippen LogP contribution in [-0.4, -0.2) is 18.5 Å². The second-order valence-corrected chi connectivity index (χ2v) is 4.57. The van der Waals surface area contributed by atoms with Crippen molar-refractivity contribution < 1.29 is 4.79 Å². The van der Waals surface area contributed by atoms with Crippen LogP contribution in [0.3, 0.4) is 0 Å². The topological polar surface area (TPSA) is 55.1 Å². The second kappa shape index (κ2) is 7.69. The predicted octanol–water partition coefficient (Wildman–Crippen LogP) is 1.95. The molecule has 0 spiro atoms. The van der Waals surface area contributed by atoms with Crippen molar-refractivity contribution in [2.24, 2.45) is 5.73 Å². The predicted molar refractivity (Wildman–Crippen MR) is 62.5 cm³/mol. The summed E-state index contributed by atoms with van der Waals surface area (Å²) in [6.45, 7) is 1.10. The summed E-state index contributed by atoms with van der Waals surface area (Å²) in [5, 5.41) is 3.59. The van der Waals surface area contributed by atoms with Gasteiger partial charge in [-0.25, -0.2) is 0 Å². The number of carbonyl (C=O) groups excluding carboxylic acids is 1. The van der Waals surface area contributed by atoms with Crippen molar-refractivity contribution >= 4 is 5.91 Å². The molecule has 1 amide bonds. The molecule has 15 heavy (non-hydrogen) atoms. The molecular formula is C12H24N2O. The SMILES string of the molecule is NC(=O)CCCCCNC1CCCCC1. The van der Waals surface area contributed by atoms with Gasteiger partial charge in [0.1, 0.15) is 0 Å². The Labute approximate surface area is 92.8 Å². The molecule has 3 nitrogen and oxygen atoms in total. The average Bonchev–Trinajstić information content (AvgIpc) is 2.24. The van der Waals surface area contributed by atoms with Gasteiger partial charge in [-0.05, 0) is 32.2 Å². The highest BCUT2D eigenvalue weighted by Gasteiger charge is 2.11. The van der Waals surface area contributed by atoms with Gasteiger partial charge in [-0.2, -0.15) is 0 Å². The summed E-state index contributed by atoms with van der Waals surface area (Å²) in [5.74, 6) is -0.171. The fourth-order valence-corrected chi connectivity index (χ4v) is 2.21. The lowest BCUT2D eigenvalue weighted by molar-refractivity contribution is -0.118. The maximum Gasteiger partial charge on any atom is 0.217 e. The number of nitrogens with two attached hydrogens (primary N) is 1. The van der Waals surface area contributed by atoms with Crippen molar-refractivity contribution in [2.45, 2.75) is 63.8 Å². The molecule has 3 heteroatoms. The van der Waals surface area contributed by atoms with E-state index in [-0.39, 0.29) is 5.91 Å². The van der Waals surface area contributed by atoms with Crippen LogP contribution in [0.15, 0.2) is 0 Å². The summed E-state index contributed by atoms with van der Waals surface area (Å²) in [6, 6.07) is 0.759. The maximum atomic E-state index is 10.5. The number of unbranched alkanes of at least 4 members (excludes halogenated alkanes) is 2. The lowest BCUT2D eigenvalue weighted by atomic mass is 9.95. The number of primary amides is 1. The molecule has 1 saturated carbocycles. The lowest BCUT2D eigenvalue weighted by Crippen LogP contribution is -2.31. The minimum atomic E-state index is -0.171. The minimum Gasteiger partial charge on any atom is -0.370 e. The molecule has 1 rings (SSSR count). The van der Waals surface area contributed by atoms with E-state index in [2.05, 4.69) is 5.32 Å². The van der Waals surface area contributed by atoms with Crippen LogP contribution in [0.1, 0.15) is 57.8 Å². The molecule has 1 aliphatic carbocycles. The molecule has 0 aromatic heterocycles. The molecular weight excluding hydrogens is 188 g/mol. The van der Waals surface area contributed by atoms with Crippen LogP contribution in [0, 0.1) is 0 Å². The third-order valence-corrected chi connectivity index (χ3v) is 3.14. The number of amides is 1. The van der Waals surface area contributed by atoms with E-state index < -0.39 is 0 Å². The van der Waals surface area contributed by atoms with Crippen LogP contribution in [0.5, 0.6) is 0 Å². The Morgan fingerprint density at radius 3 is 2.53 bits per heavy atom. The Bertz CT molecular complexity index is 176. The first-order chi connectivity index (χ1) is 7.29. The first kappa shape index (κ1) is 12.5. The van der Waals surface area contributed by atoms with E-state index in [0.717, 1.165) is 25.4 Å². The molecule has 0 bridgehead atoms. The van der Waals surface area contributed by atoms with E-state index in [1.165, 1.54) is 38.5 Å². The number of nitrogens with one attached hydrogen (secondary N) is 1. The molecule has 88 valence electrons. The first-order valence-corrected chi connectivity index (χ1v) is 6.31. The fraction of sp³-hybridized carbons (Fsp3) is 0.917. The van der Waals surface area contributed by atoms with Gasteiger partial charge in [-0.3, -0.25) is 4.79 Å². The summed E-state index contributed by atoms with van der Waals surface area (Å²) in [7, 11) is 0. The Hall–Kier alpha value is -0.570. The number of rotatable bonds is 7. The van der Waals surface area contributed by atoms with Gasteiger partial charge in [0.05, 0.1) is 0 Å². The summed E-state index contributed by atoms with van der Waals surface area (Å²) in [4.78, 5) is 10.5. The van der Waals surface area contributed by atoms with Crippen molar-refractivity contribution in [2.75, 3.05) is 6.54 Å². The highest BCUT2D eigenvalue weighted by atomic mass is 16.1. The van der Waals surface area contributed by atoms with Gasteiger partial charge in [0.2, 0.25) is 5.91 Å². The van der Waals surface area contributed by atoms with Crippen LogP contribution in [-0.2, 0) is 4.79 Å². The zero-order valence-electron chi connectivity index (χ0n) is 9.63. The molecule has 0 aromatic carbocycles. The smallest absolute Gasteiger partial charge is 0.217 e. The quantitative estimate of drug-likeness (QED) is 0.634. The fourth-order valence-electron chi connectivity index (χ4n) is 2.21. The monoisotopic (exact) mass is 212 g/mol. The lowest BCUT2D eigenvalue weighted by Gasteiger charge is -2.22. The van der Waals surface area contributed by atoms with Crippen molar-refractivity contribution in [3.8, 4) is 0 Å². The van der Waals surface area contributed by atoms with Gasteiger partial charge < -0.3 is 11.1 Å². The zero-order valence-corrected chi connectivity index (χ0v) is 9.63. The van der Waals surface area contributed by atoms with Gasteiger partial charge in [0.15, 0.2) is 0 Å². The largest absolute Gasteiger partial charge is 0.370 e. The van der Waals surface area contributed by atoms with E-state index in [4.69, 9.17) is 5.73 Å². The standard InChI is InChI=1S/C12H24N2O/c13-12(15)9-5-2-6-10-14-11-7-3-1-4-8-11/h11,14H,1-10H2,(H2,13,15). The summed E-state index contributed by atoms with van der Waals surface area (Å²) < 4.78 is 0. The average molecular weight is 212 g/mol. The molecule has 0 saturated heterocycles. The molecule has 0 aliphatic heterocycles. The van der Waals surface area contributed by atoms with Gasteiger partial charge in [0.25, 0.3) is 0 Å². The highest BCUT2D eigenvalue weighted by Crippen LogP contribution is 2.17. The highest BCUT2D eigenvalue weighted by molar-refractivity contribution is 5.73. The molecule has 0 atom stereocenters. The van der Waals surface area contributed by atoms with Crippen molar-refractivity contribution in [3.05, 3.63) is 0 Å². The van der Waals surface area contributed by atoms with Crippen molar-refractivity contribution in [1.29, 1.82) is 0 Å². The molecule has 0 unspecified atom stereocenters. The first-order valence-electron chi connectivity index (χ1n) is 6.31. The Morgan fingerprint density at radius 1 is 1.13 bits per heavy atom. The summed E-state index contributed by atoms with van der Waals surface area (Å²) in [6.07, 6.45) is 10.7. The Balaban J connectivity index is 1.85. The van der Waals surface area contributed by atoms with Gasteiger partial charge >= 0.3 is 0 Å². The van der Waals surface area contributed by atoms with Crippen LogP contribution >= 0.6 is 0 Å². The third-order valence-electron chi connectivity index (χ3n) is 3.14. The zero-order chi connectivity index (χ0) is 10.9. The van der Waals surface area contributed by atoms with Crippen LogP contribution < -0.4 is 11.1 Å². The summed E-state index contributed by atoms with van der Waals surface area (Å²) >= 11 is 0. The second-order valence-electron chi connectivity index (χ2n) is 4.57. The van der Waals surface area contributed by atoms with Crippen LogP contribution in [0.25, 0.3) is 0 Å². The Morgan fingerprint density at radius 2 is 1.87 bits per heavy atom. The molecule has 0 aromatic rings. The molecule has 0 heterocycles. The van der Waals surface area contributed by atoms with E-state index in [9.17, 15) is 4.79 Å². The third kappa shape index (κ3) is 6.50. The van der Waals surface area contributed by atoms with E-state index >= 15 is 0 Å². The van der Waals surface area contributed by atoms with Crippen LogP contribution in [0.2, 0.25) is 0 Å². The van der Waals surface area contributed by atoms with Crippen molar-refractivity contribution in [3.63, 3.8) is 0 Å². The van der Waals surface area contributed by atoms with E-state index in [1.54, 1.807) is 0 Å². The normalized spacial score (nSPS) is 17.9. The molecule has 1 fully saturated rings. The summed E-state index contributed by atoms with van der Waals surface area (Å²) in [5.41, 5.74) is 5.07. The molecule has 3 N–H and O–H groups in total. The maximum absolute atomic E-state index is 10.5. The number of hydrogen-bond acceptors (Lipinski definition) is 2. The number of hydrogen-bond donors (Lipinski definition) is 2. The van der Waals surface area contributed by atoms with E-state index in [1.807, 2.05) is 0 Å². The Kier molecular flexibility index (Phi) is 6.41. The number of carbonyl (C=O) groups is 1. The van der Waals surface area contributed by atoms with Crippen molar-refractivity contribution in [1.82, 2.24) is 5.32 Å². The van der Waals surface area contributed by atoms with Gasteiger partial charge in [0, 0.05) is 12.5 Å². The van der Waals surface area contributed by atoms with Crippen LogP contribution in [0.4, 0.5) is 0 Å². The van der Waals surface area contributed by atoms with Gasteiger partial charge in [-0.15, -0.1) is 0 Å².